The van der Waals surface area contributed by atoms with Crippen molar-refractivity contribution in [3.05, 3.63) is 28.2 Å². The Kier molecular flexibility index (Phi) is 5.70. The third-order valence-corrected chi connectivity index (χ3v) is 3.83. The van der Waals surface area contributed by atoms with Gasteiger partial charge in [-0.1, -0.05) is 23.2 Å². The van der Waals surface area contributed by atoms with Gasteiger partial charge in [0.25, 0.3) is 0 Å². The molecule has 0 aliphatic carbocycles. The van der Waals surface area contributed by atoms with Gasteiger partial charge in [-0.25, -0.2) is 0 Å². The number of rotatable bonds is 4. The third-order valence-electron chi connectivity index (χ3n) is 3.09. The van der Waals surface area contributed by atoms with E-state index in [4.69, 9.17) is 27.9 Å². The number of hydrogen-bond donors (Lipinski definition) is 1. The molecule has 0 spiro atoms. The highest BCUT2D eigenvalue weighted by atomic mass is 35.5. The molecule has 1 N–H and O–H groups in total. The summed E-state index contributed by atoms with van der Waals surface area (Å²) < 4.78 is 5.47. The van der Waals surface area contributed by atoms with Crippen LogP contribution in [0.15, 0.2) is 18.2 Å². The molecular weight excluding hydrogens is 315 g/mol. The highest BCUT2D eigenvalue weighted by Crippen LogP contribution is 2.26. The van der Waals surface area contributed by atoms with Gasteiger partial charge in [-0.15, -0.1) is 0 Å². The Morgan fingerprint density at radius 1 is 1.33 bits per heavy atom. The molecule has 2 rings (SSSR count). The summed E-state index contributed by atoms with van der Waals surface area (Å²) in [5, 5.41) is 3.59. The standard InChI is InChI=1S/C14H16Cl2N2O3/c15-11-3-2-10(8-12(11)16)21-7-4-14(20)18-6-1-5-17-13(19)9-18/h2-3,8H,1,4-7,9H2,(H,17,19). The van der Waals surface area contributed by atoms with Gasteiger partial charge in [-0.3, -0.25) is 9.59 Å². The molecule has 5 nitrogen and oxygen atoms in total. The minimum Gasteiger partial charge on any atom is -0.493 e. The van der Waals surface area contributed by atoms with Gasteiger partial charge in [0.15, 0.2) is 0 Å². The highest BCUT2D eigenvalue weighted by molar-refractivity contribution is 6.42. The lowest BCUT2D eigenvalue weighted by atomic mass is 10.3. The summed E-state index contributed by atoms with van der Waals surface area (Å²) in [7, 11) is 0. The van der Waals surface area contributed by atoms with Crippen LogP contribution in [0.4, 0.5) is 0 Å². The van der Waals surface area contributed by atoms with Crippen LogP contribution in [0.25, 0.3) is 0 Å². The van der Waals surface area contributed by atoms with E-state index in [2.05, 4.69) is 5.32 Å². The Labute approximate surface area is 133 Å². The van der Waals surface area contributed by atoms with E-state index in [1.54, 1.807) is 23.1 Å². The molecule has 2 amide bonds. The molecule has 114 valence electrons. The van der Waals surface area contributed by atoms with Crippen LogP contribution < -0.4 is 10.1 Å². The molecule has 21 heavy (non-hydrogen) atoms. The van der Waals surface area contributed by atoms with Gasteiger partial charge in [-0.05, 0) is 18.6 Å². The van der Waals surface area contributed by atoms with E-state index in [0.29, 0.717) is 28.9 Å². The second kappa shape index (κ2) is 7.52. The predicted octanol–water partition coefficient (Wildman–Crippen LogP) is 2.11. The van der Waals surface area contributed by atoms with Gasteiger partial charge >= 0.3 is 0 Å². The van der Waals surface area contributed by atoms with Gasteiger partial charge in [0.05, 0.1) is 29.6 Å². The van der Waals surface area contributed by atoms with Crippen molar-refractivity contribution in [1.82, 2.24) is 10.2 Å². The van der Waals surface area contributed by atoms with E-state index < -0.39 is 0 Å². The number of carbonyl (C=O) groups is 2. The van der Waals surface area contributed by atoms with Crippen LogP contribution in [0.5, 0.6) is 5.75 Å². The van der Waals surface area contributed by atoms with Crippen molar-refractivity contribution in [2.75, 3.05) is 26.2 Å². The SMILES string of the molecule is O=C1CN(C(=O)CCOc2ccc(Cl)c(Cl)c2)CCCN1. The number of hydrogen-bond acceptors (Lipinski definition) is 3. The lowest BCUT2D eigenvalue weighted by Crippen LogP contribution is -2.37. The zero-order chi connectivity index (χ0) is 15.2. The molecule has 1 aromatic carbocycles. The Bertz CT molecular complexity index is 537. The van der Waals surface area contributed by atoms with Crippen LogP contribution in [0.1, 0.15) is 12.8 Å². The van der Waals surface area contributed by atoms with E-state index in [1.165, 1.54) is 0 Å². The van der Waals surface area contributed by atoms with E-state index in [9.17, 15) is 9.59 Å². The number of amides is 2. The summed E-state index contributed by atoms with van der Waals surface area (Å²) in [4.78, 5) is 25.0. The van der Waals surface area contributed by atoms with E-state index in [1.807, 2.05) is 0 Å². The van der Waals surface area contributed by atoms with Crippen molar-refractivity contribution in [1.29, 1.82) is 0 Å². The second-order valence-electron chi connectivity index (χ2n) is 4.69. The van der Waals surface area contributed by atoms with Crippen LogP contribution in [-0.2, 0) is 9.59 Å². The normalized spacial score (nSPS) is 15.3. The Balaban J connectivity index is 1.80. The Morgan fingerprint density at radius 3 is 2.90 bits per heavy atom. The van der Waals surface area contributed by atoms with E-state index >= 15 is 0 Å². The molecule has 7 heteroatoms. The van der Waals surface area contributed by atoms with Crippen LogP contribution in [0.3, 0.4) is 0 Å². The number of nitrogens with zero attached hydrogens (tertiary/aromatic N) is 1. The van der Waals surface area contributed by atoms with Crippen molar-refractivity contribution >= 4 is 35.0 Å². The molecule has 1 aliphatic heterocycles. The number of halogens is 2. The van der Waals surface area contributed by atoms with Crippen molar-refractivity contribution in [2.45, 2.75) is 12.8 Å². The summed E-state index contributed by atoms with van der Waals surface area (Å²) >= 11 is 11.7. The van der Waals surface area contributed by atoms with Crippen molar-refractivity contribution in [3.63, 3.8) is 0 Å². The fourth-order valence-electron chi connectivity index (χ4n) is 2.00. The maximum Gasteiger partial charge on any atom is 0.239 e. The quantitative estimate of drug-likeness (QED) is 0.919. The highest BCUT2D eigenvalue weighted by Gasteiger charge is 2.19. The molecule has 0 radical (unpaired) electrons. The second-order valence-corrected chi connectivity index (χ2v) is 5.51. The molecule has 0 aromatic heterocycles. The number of benzene rings is 1. The molecule has 0 bridgehead atoms. The lowest BCUT2D eigenvalue weighted by Gasteiger charge is -2.19. The first-order chi connectivity index (χ1) is 10.1. The zero-order valence-electron chi connectivity index (χ0n) is 11.4. The average molecular weight is 331 g/mol. The molecule has 1 heterocycles. The van der Waals surface area contributed by atoms with Crippen LogP contribution in [0, 0.1) is 0 Å². The predicted molar refractivity (Wildman–Crippen MR) is 80.8 cm³/mol. The van der Waals surface area contributed by atoms with E-state index in [-0.39, 0.29) is 31.4 Å². The van der Waals surface area contributed by atoms with Gasteiger partial charge in [0.2, 0.25) is 11.8 Å². The number of nitrogens with one attached hydrogen (secondary N) is 1. The van der Waals surface area contributed by atoms with Crippen LogP contribution >= 0.6 is 23.2 Å². The minimum atomic E-state index is -0.119. The Hall–Kier alpha value is -1.46. The fourth-order valence-corrected chi connectivity index (χ4v) is 2.29. The van der Waals surface area contributed by atoms with Crippen LogP contribution in [0.2, 0.25) is 10.0 Å². The smallest absolute Gasteiger partial charge is 0.239 e. The van der Waals surface area contributed by atoms with Crippen molar-refractivity contribution in [3.8, 4) is 5.75 Å². The lowest BCUT2D eigenvalue weighted by molar-refractivity contribution is -0.135. The zero-order valence-corrected chi connectivity index (χ0v) is 12.9. The summed E-state index contributed by atoms with van der Waals surface area (Å²) in [5.41, 5.74) is 0. The van der Waals surface area contributed by atoms with E-state index in [0.717, 1.165) is 6.42 Å². The maximum atomic E-state index is 12.0. The summed E-state index contributed by atoms with van der Waals surface area (Å²) in [5.74, 6) is 0.351. The number of carbonyl (C=O) groups excluding carboxylic acids is 2. The molecule has 1 fully saturated rings. The first kappa shape index (κ1) is 15.9. The number of ether oxygens (including phenoxy) is 1. The topological polar surface area (TPSA) is 58.6 Å². The van der Waals surface area contributed by atoms with Crippen LogP contribution in [-0.4, -0.2) is 43.0 Å². The molecule has 1 aromatic rings. The molecule has 0 saturated carbocycles. The first-order valence-electron chi connectivity index (χ1n) is 6.68. The summed E-state index contributed by atoms with van der Waals surface area (Å²) in [6.07, 6.45) is 0.985. The van der Waals surface area contributed by atoms with Crippen molar-refractivity contribution < 1.29 is 14.3 Å². The molecule has 0 unspecified atom stereocenters. The molecule has 0 atom stereocenters. The monoisotopic (exact) mass is 330 g/mol. The maximum absolute atomic E-state index is 12.0. The summed E-state index contributed by atoms with van der Waals surface area (Å²) in [6.45, 7) is 1.55. The molecule has 1 aliphatic rings. The van der Waals surface area contributed by atoms with Crippen molar-refractivity contribution in [2.24, 2.45) is 0 Å². The largest absolute Gasteiger partial charge is 0.493 e. The van der Waals surface area contributed by atoms with Gasteiger partial charge < -0.3 is 15.0 Å². The first-order valence-corrected chi connectivity index (χ1v) is 7.44. The average Bonchev–Trinajstić information content (AvgIpc) is 2.67. The minimum absolute atomic E-state index is 0.0906. The summed E-state index contributed by atoms with van der Waals surface area (Å²) in [6, 6.07) is 4.94. The van der Waals surface area contributed by atoms with Gasteiger partial charge in [0.1, 0.15) is 5.75 Å². The molecule has 1 saturated heterocycles. The Morgan fingerprint density at radius 2 is 2.14 bits per heavy atom. The molecular formula is C14H16Cl2N2O3. The third kappa shape index (κ3) is 4.79. The van der Waals surface area contributed by atoms with Gasteiger partial charge in [-0.2, -0.15) is 0 Å². The fraction of sp³-hybridized carbons (Fsp3) is 0.429. The van der Waals surface area contributed by atoms with Gasteiger partial charge in [0, 0.05) is 19.2 Å².